The van der Waals surface area contributed by atoms with Crippen LogP contribution in [0.5, 0.6) is 0 Å². The lowest BCUT2D eigenvalue weighted by Crippen LogP contribution is -2.46. The number of carbonyl (C=O) groups excluding carboxylic acids is 2. The van der Waals surface area contributed by atoms with Crippen LogP contribution >= 0.6 is 11.3 Å². The van der Waals surface area contributed by atoms with Gasteiger partial charge in [-0.25, -0.2) is 0 Å². The molecule has 0 bridgehead atoms. The molecular formula is C16H24N2O2S. The maximum absolute atomic E-state index is 12.8. The molecule has 1 saturated heterocycles. The number of nitrogens with one attached hydrogen (secondary N) is 1. The Morgan fingerprint density at radius 1 is 1.43 bits per heavy atom. The number of carbonyl (C=O) groups is 2. The second-order valence-electron chi connectivity index (χ2n) is 5.97. The summed E-state index contributed by atoms with van der Waals surface area (Å²) in [7, 11) is 0. The molecule has 2 amide bonds. The number of nitrogens with zero attached hydrogens (tertiary/aromatic N) is 1. The molecule has 2 atom stereocenters. The molecular weight excluding hydrogens is 284 g/mol. The molecule has 21 heavy (non-hydrogen) atoms. The van der Waals surface area contributed by atoms with Crippen molar-refractivity contribution in [3.05, 3.63) is 22.4 Å². The van der Waals surface area contributed by atoms with Gasteiger partial charge in [-0.15, -0.1) is 11.3 Å². The molecule has 1 aliphatic heterocycles. The Balaban J connectivity index is 2.23. The van der Waals surface area contributed by atoms with Gasteiger partial charge in [-0.1, -0.05) is 26.8 Å². The van der Waals surface area contributed by atoms with Gasteiger partial charge < -0.3 is 10.2 Å². The van der Waals surface area contributed by atoms with Crippen LogP contribution in [0.1, 0.15) is 51.0 Å². The van der Waals surface area contributed by atoms with Gasteiger partial charge in [-0.05, 0) is 30.2 Å². The molecule has 5 heteroatoms. The zero-order chi connectivity index (χ0) is 15.4. The molecule has 1 aromatic heterocycles. The lowest BCUT2D eigenvalue weighted by Gasteiger charge is -2.31. The zero-order valence-corrected chi connectivity index (χ0v) is 13.8. The third-order valence-electron chi connectivity index (χ3n) is 3.84. The SMILES string of the molecule is CCC(c1cccs1)N1CCC(=O)NC(CC(C)C)C1=O. The average Bonchev–Trinajstić information content (AvgIpc) is 2.91. The van der Waals surface area contributed by atoms with Gasteiger partial charge in [0.2, 0.25) is 11.8 Å². The maximum Gasteiger partial charge on any atom is 0.245 e. The van der Waals surface area contributed by atoms with Crippen molar-refractivity contribution in [1.29, 1.82) is 0 Å². The number of hydrogen-bond donors (Lipinski definition) is 1. The smallest absolute Gasteiger partial charge is 0.245 e. The Morgan fingerprint density at radius 3 is 2.76 bits per heavy atom. The second-order valence-corrected chi connectivity index (χ2v) is 6.95. The number of thiophene rings is 1. The molecule has 2 rings (SSSR count). The molecule has 0 aliphatic carbocycles. The minimum atomic E-state index is -0.381. The molecule has 0 spiro atoms. The highest BCUT2D eigenvalue weighted by molar-refractivity contribution is 7.10. The first-order chi connectivity index (χ1) is 10.0. The van der Waals surface area contributed by atoms with Crippen molar-refractivity contribution in [3.63, 3.8) is 0 Å². The van der Waals surface area contributed by atoms with Crippen LogP contribution in [-0.2, 0) is 9.59 Å². The average molecular weight is 308 g/mol. The molecule has 2 heterocycles. The van der Waals surface area contributed by atoms with E-state index in [0.29, 0.717) is 25.3 Å². The van der Waals surface area contributed by atoms with E-state index in [0.717, 1.165) is 6.42 Å². The van der Waals surface area contributed by atoms with Crippen molar-refractivity contribution in [2.75, 3.05) is 6.54 Å². The van der Waals surface area contributed by atoms with Gasteiger partial charge in [0.25, 0.3) is 0 Å². The first-order valence-corrected chi connectivity index (χ1v) is 8.54. The lowest BCUT2D eigenvalue weighted by atomic mass is 10.0. The van der Waals surface area contributed by atoms with Crippen LogP contribution in [-0.4, -0.2) is 29.3 Å². The summed E-state index contributed by atoms with van der Waals surface area (Å²) in [5.41, 5.74) is 0. The van der Waals surface area contributed by atoms with Gasteiger partial charge in [0.05, 0.1) is 6.04 Å². The summed E-state index contributed by atoms with van der Waals surface area (Å²) in [6.07, 6.45) is 1.96. The molecule has 1 aliphatic rings. The Kier molecular flexibility index (Phi) is 5.39. The highest BCUT2D eigenvalue weighted by Crippen LogP contribution is 2.30. The van der Waals surface area contributed by atoms with E-state index in [-0.39, 0.29) is 23.9 Å². The topological polar surface area (TPSA) is 49.4 Å². The Bertz CT molecular complexity index is 484. The fraction of sp³-hybridized carbons (Fsp3) is 0.625. The van der Waals surface area contributed by atoms with Gasteiger partial charge >= 0.3 is 0 Å². The molecule has 2 unspecified atom stereocenters. The fourth-order valence-corrected chi connectivity index (χ4v) is 3.78. The molecule has 0 aromatic carbocycles. The van der Waals surface area contributed by atoms with E-state index in [2.05, 4.69) is 32.2 Å². The minimum absolute atomic E-state index is 0.0162. The summed E-state index contributed by atoms with van der Waals surface area (Å²) in [6, 6.07) is 3.79. The second kappa shape index (κ2) is 7.07. The van der Waals surface area contributed by atoms with Gasteiger partial charge in [-0.3, -0.25) is 9.59 Å². The molecule has 1 fully saturated rings. The Hall–Kier alpha value is -1.36. The van der Waals surface area contributed by atoms with Crippen LogP contribution < -0.4 is 5.32 Å². The van der Waals surface area contributed by atoms with E-state index < -0.39 is 0 Å². The first-order valence-electron chi connectivity index (χ1n) is 7.66. The molecule has 0 saturated carbocycles. The highest BCUT2D eigenvalue weighted by Gasteiger charge is 2.34. The maximum atomic E-state index is 12.8. The van der Waals surface area contributed by atoms with E-state index in [4.69, 9.17) is 0 Å². The zero-order valence-electron chi connectivity index (χ0n) is 13.0. The van der Waals surface area contributed by atoms with E-state index >= 15 is 0 Å². The van der Waals surface area contributed by atoms with Gasteiger partial charge in [0.15, 0.2) is 0 Å². The molecule has 0 radical (unpaired) electrons. The quantitative estimate of drug-likeness (QED) is 0.909. The molecule has 116 valence electrons. The van der Waals surface area contributed by atoms with Crippen molar-refractivity contribution < 1.29 is 9.59 Å². The van der Waals surface area contributed by atoms with E-state index in [9.17, 15) is 9.59 Å². The predicted molar refractivity (Wildman–Crippen MR) is 85.1 cm³/mol. The van der Waals surface area contributed by atoms with E-state index in [1.54, 1.807) is 11.3 Å². The van der Waals surface area contributed by atoms with Crippen LogP contribution in [0.25, 0.3) is 0 Å². The van der Waals surface area contributed by atoms with Crippen LogP contribution in [0.4, 0.5) is 0 Å². The summed E-state index contributed by atoms with van der Waals surface area (Å²) < 4.78 is 0. The number of rotatable bonds is 5. The Morgan fingerprint density at radius 2 is 2.19 bits per heavy atom. The lowest BCUT2D eigenvalue weighted by molar-refractivity contribution is -0.136. The largest absolute Gasteiger partial charge is 0.344 e. The summed E-state index contributed by atoms with van der Waals surface area (Å²) in [5, 5.41) is 4.92. The monoisotopic (exact) mass is 308 g/mol. The normalized spacial score (nSPS) is 21.3. The van der Waals surface area contributed by atoms with Crippen molar-refractivity contribution >= 4 is 23.2 Å². The summed E-state index contributed by atoms with van der Waals surface area (Å²) in [4.78, 5) is 27.8. The van der Waals surface area contributed by atoms with E-state index in [1.165, 1.54) is 4.88 Å². The summed E-state index contributed by atoms with van der Waals surface area (Å²) in [6.45, 7) is 6.75. The molecule has 1 aromatic rings. The third-order valence-corrected chi connectivity index (χ3v) is 4.81. The van der Waals surface area contributed by atoms with Crippen LogP contribution in [0.15, 0.2) is 17.5 Å². The summed E-state index contributed by atoms with van der Waals surface area (Å²) in [5.74, 6) is 0.424. The third kappa shape index (κ3) is 3.84. The predicted octanol–water partition coefficient (Wildman–Crippen LogP) is 2.96. The van der Waals surface area contributed by atoms with Crippen molar-refractivity contribution in [2.24, 2.45) is 5.92 Å². The standard InChI is InChI=1S/C16H24N2O2S/c1-4-13(14-6-5-9-21-14)18-8-7-15(19)17-12(16(18)20)10-11(2)3/h5-6,9,11-13H,4,7-8,10H2,1-3H3,(H,17,19). The molecule has 4 nitrogen and oxygen atoms in total. The van der Waals surface area contributed by atoms with Gasteiger partial charge in [0.1, 0.15) is 6.04 Å². The molecule has 1 N–H and O–H groups in total. The summed E-state index contributed by atoms with van der Waals surface area (Å²) >= 11 is 1.67. The van der Waals surface area contributed by atoms with Gasteiger partial charge in [-0.2, -0.15) is 0 Å². The number of hydrogen-bond acceptors (Lipinski definition) is 3. The van der Waals surface area contributed by atoms with Crippen LogP contribution in [0, 0.1) is 5.92 Å². The van der Waals surface area contributed by atoms with Crippen molar-refractivity contribution in [2.45, 2.75) is 52.1 Å². The Labute approximate surface area is 130 Å². The van der Waals surface area contributed by atoms with Crippen LogP contribution in [0.3, 0.4) is 0 Å². The van der Waals surface area contributed by atoms with Gasteiger partial charge in [0, 0.05) is 17.8 Å². The number of amides is 2. The van der Waals surface area contributed by atoms with Crippen molar-refractivity contribution in [3.8, 4) is 0 Å². The fourth-order valence-electron chi connectivity index (χ4n) is 2.86. The minimum Gasteiger partial charge on any atom is -0.344 e. The van der Waals surface area contributed by atoms with E-state index in [1.807, 2.05) is 16.3 Å². The highest BCUT2D eigenvalue weighted by atomic mass is 32.1. The first kappa shape index (κ1) is 16.0. The van der Waals surface area contributed by atoms with Crippen molar-refractivity contribution in [1.82, 2.24) is 10.2 Å². The van der Waals surface area contributed by atoms with Crippen LogP contribution in [0.2, 0.25) is 0 Å².